The molecule has 4 rings (SSSR count). The van der Waals surface area contributed by atoms with Crippen LogP contribution in [0.15, 0.2) is 23.0 Å². The van der Waals surface area contributed by atoms with E-state index in [1.54, 1.807) is 4.90 Å². The molecule has 3 heterocycles. The molecule has 6 heteroatoms. The SMILES string of the molecule is O=C(c1ccc2c(n1)CCCC2)N1CCc2n[nH]c(=O)cc2C1. The van der Waals surface area contributed by atoms with Crippen LogP contribution in [0.25, 0.3) is 0 Å². The number of carbonyl (C=O) groups excluding carboxylic acids is 1. The summed E-state index contributed by atoms with van der Waals surface area (Å²) in [5.41, 5.74) is 4.31. The van der Waals surface area contributed by atoms with Gasteiger partial charge < -0.3 is 4.90 Å². The average molecular weight is 310 g/mol. The van der Waals surface area contributed by atoms with Gasteiger partial charge in [-0.1, -0.05) is 6.07 Å². The Morgan fingerprint density at radius 3 is 2.87 bits per heavy atom. The Balaban J connectivity index is 1.59. The molecular formula is C17H18N4O2. The molecule has 2 aromatic rings. The monoisotopic (exact) mass is 310 g/mol. The van der Waals surface area contributed by atoms with Gasteiger partial charge in [-0.05, 0) is 37.3 Å². The lowest BCUT2D eigenvalue weighted by molar-refractivity contribution is 0.0726. The Morgan fingerprint density at radius 1 is 1.09 bits per heavy atom. The molecule has 118 valence electrons. The summed E-state index contributed by atoms with van der Waals surface area (Å²) in [5, 5.41) is 6.50. The van der Waals surface area contributed by atoms with Crippen molar-refractivity contribution in [1.29, 1.82) is 0 Å². The van der Waals surface area contributed by atoms with Crippen LogP contribution in [0, 0.1) is 0 Å². The van der Waals surface area contributed by atoms with Crippen molar-refractivity contribution in [1.82, 2.24) is 20.1 Å². The van der Waals surface area contributed by atoms with Gasteiger partial charge >= 0.3 is 0 Å². The molecule has 0 spiro atoms. The molecule has 0 fully saturated rings. The first-order valence-corrected chi connectivity index (χ1v) is 8.06. The van der Waals surface area contributed by atoms with Crippen LogP contribution in [-0.2, 0) is 25.8 Å². The van der Waals surface area contributed by atoms with Crippen molar-refractivity contribution in [3.8, 4) is 0 Å². The number of fused-ring (bicyclic) bond motifs is 2. The minimum Gasteiger partial charge on any atom is -0.333 e. The lowest BCUT2D eigenvalue weighted by atomic mass is 9.96. The van der Waals surface area contributed by atoms with Crippen molar-refractivity contribution in [2.45, 2.75) is 38.6 Å². The zero-order valence-electron chi connectivity index (χ0n) is 12.8. The predicted molar refractivity (Wildman–Crippen MR) is 84.2 cm³/mol. The zero-order valence-corrected chi connectivity index (χ0v) is 12.8. The fourth-order valence-corrected chi connectivity index (χ4v) is 3.38. The van der Waals surface area contributed by atoms with E-state index in [4.69, 9.17) is 0 Å². The number of hydrogen-bond acceptors (Lipinski definition) is 4. The smallest absolute Gasteiger partial charge is 0.272 e. The Morgan fingerprint density at radius 2 is 1.96 bits per heavy atom. The highest BCUT2D eigenvalue weighted by Gasteiger charge is 2.24. The maximum absolute atomic E-state index is 12.7. The van der Waals surface area contributed by atoms with Crippen LogP contribution in [0.5, 0.6) is 0 Å². The highest BCUT2D eigenvalue weighted by Crippen LogP contribution is 2.21. The molecule has 0 atom stereocenters. The summed E-state index contributed by atoms with van der Waals surface area (Å²) in [4.78, 5) is 30.5. The molecule has 6 nitrogen and oxygen atoms in total. The average Bonchev–Trinajstić information content (AvgIpc) is 2.60. The first kappa shape index (κ1) is 14.1. The van der Waals surface area contributed by atoms with Crippen LogP contribution in [-0.4, -0.2) is 32.5 Å². The molecule has 2 aliphatic rings. The zero-order chi connectivity index (χ0) is 15.8. The van der Waals surface area contributed by atoms with E-state index in [9.17, 15) is 9.59 Å². The van der Waals surface area contributed by atoms with Crippen LogP contribution in [0.3, 0.4) is 0 Å². The van der Waals surface area contributed by atoms with Crippen molar-refractivity contribution < 1.29 is 4.79 Å². The lowest BCUT2D eigenvalue weighted by Crippen LogP contribution is -2.37. The summed E-state index contributed by atoms with van der Waals surface area (Å²) in [6.07, 6.45) is 5.01. The highest BCUT2D eigenvalue weighted by atomic mass is 16.2. The summed E-state index contributed by atoms with van der Waals surface area (Å²) < 4.78 is 0. The van der Waals surface area contributed by atoms with Gasteiger partial charge in [-0.15, -0.1) is 0 Å². The third-order valence-corrected chi connectivity index (χ3v) is 4.64. The van der Waals surface area contributed by atoms with Crippen molar-refractivity contribution in [3.63, 3.8) is 0 Å². The minimum absolute atomic E-state index is 0.0655. The Kier molecular flexibility index (Phi) is 3.44. The highest BCUT2D eigenvalue weighted by molar-refractivity contribution is 5.92. The number of hydrogen-bond donors (Lipinski definition) is 1. The van der Waals surface area contributed by atoms with Crippen LogP contribution < -0.4 is 5.56 Å². The van der Waals surface area contributed by atoms with Gasteiger partial charge in [0.05, 0.1) is 5.69 Å². The second-order valence-electron chi connectivity index (χ2n) is 6.19. The number of H-pyrrole nitrogens is 1. The number of nitrogens with zero attached hydrogens (tertiary/aromatic N) is 3. The number of amides is 1. The topological polar surface area (TPSA) is 79.0 Å². The molecule has 1 aliphatic carbocycles. The van der Waals surface area contributed by atoms with Crippen LogP contribution in [0.2, 0.25) is 0 Å². The minimum atomic E-state index is -0.232. The van der Waals surface area contributed by atoms with Crippen molar-refractivity contribution >= 4 is 5.91 Å². The maximum Gasteiger partial charge on any atom is 0.272 e. The summed E-state index contributed by atoms with van der Waals surface area (Å²) in [7, 11) is 0. The number of carbonyl (C=O) groups is 1. The van der Waals surface area contributed by atoms with Crippen LogP contribution >= 0.6 is 0 Å². The van der Waals surface area contributed by atoms with Gasteiger partial charge in [0.15, 0.2) is 0 Å². The largest absolute Gasteiger partial charge is 0.333 e. The quantitative estimate of drug-likeness (QED) is 0.859. The fraction of sp³-hybridized carbons (Fsp3) is 0.412. The second kappa shape index (κ2) is 5.61. The van der Waals surface area contributed by atoms with Gasteiger partial charge in [0.2, 0.25) is 0 Å². The number of nitrogens with one attached hydrogen (secondary N) is 1. The van der Waals surface area contributed by atoms with E-state index in [0.717, 1.165) is 36.2 Å². The maximum atomic E-state index is 12.7. The van der Waals surface area contributed by atoms with Gasteiger partial charge in [-0.2, -0.15) is 5.10 Å². The van der Waals surface area contributed by atoms with Crippen molar-refractivity contribution in [3.05, 3.63) is 56.8 Å². The normalized spacial score (nSPS) is 16.6. The van der Waals surface area contributed by atoms with Gasteiger partial charge in [-0.25, -0.2) is 10.1 Å². The Bertz CT molecular complexity index is 828. The van der Waals surface area contributed by atoms with Gasteiger partial charge in [0, 0.05) is 36.8 Å². The molecule has 0 aromatic carbocycles. The predicted octanol–water partition coefficient (Wildman–Crippen LogP) is 1.24. The van der Waals surface area contributed by atoms with E-state index in [1.165, 1.54) is 18.1 Å². The molecule has 0 bridgehead atoms. The molecule has 0 radical (unpaired) electrons. The summed E-state index contributed by atoms with van der Waals surface area (Å²) in [6, 6.07) is 5.40. The third-order valence-electron chi connectivity index (χ3n) is 4.64. The van der Waals surface area contributed by atoms with E-state index in [0.29, 0.717) is 25.2 Å². The molecular weight excluding hydrogens is 292 g/mol. The van der Waals surface area contributed by atoms with E-state index >= 15 is 0 Å². The molecule has 0 unspecified atom stereocenters. The summed E-state index contributed by atoms with van der Waals surface area (Å²) in [6.45, 7) is 1.02. The van der Waals surface area contributed by atoms with Crippen molar-refractivity contribution in [2.24, 2.45) is 0 Å². The van der Waals surface area contributed by atoms with Gasteiger partial charge in [0.25, 0.3) is 11.5 Å². The third kappa shape index (κ3) is 2.65. The lowest BCUT2D eigenvalue weighted by Gasteiger charge is -2.28. The Hall–Kier alpha value is -2.50. The standard InChI is InChI=1S/C17H18N4O2/c22-16-9-12-10-21(8-7-14(12)19-20-16)17(23)15-6-5-11-3-1-2-4-13(11)18-15/h5-6,9H,1-4,7-8,10H2,(H,20,22). The van der Waals surface area contributed by atoms with Crippen LogP contribution in [0.1, 0.15) is 45.8 Å². The van der Waals surface area contributed by atoms with Crippen molar-refractivity contribution in [2.75, 3.05) is 6.54 Å². The van der Waals surface area contributed by atoms with Crippen LogP contribution in [0.4, 0.5) is 0 Å². The summed E-state index contributed by atoms with van der Waals surface area (Å²) >= 11 is 0. The number of rotatable bonds is 1. The molecule has 0 saturated heterocycles. The first-order valence-electron chi connectivity index (χ1n) is 8.06. The molecule has 23 heavy (non-hydrogen) atoms. The molecule has 1 aliphatic heterocycles. The van der Waals surface area contributed by atoms with Gasteiger partial charge in [0.1, 0.15) is 5.69 Å². The second-order valence-corrected chi connectivity index (χ2v) is 6.19. The fourth-order valence-electron chi connectivity index (χ4n) is 3.38. The summed E-state index contributed by atoms with van der Waals surface area (Å²) in [5.74, 6) is -0.0655. The Labute approximate surface area is 133 Å². The first-order chi connectivity index (χ1) is 11.2. The number of aryl methyl sites for hydroxylation is 2. The number of pyridine rings is 1. The van der Waals surface area contributed by atoms with E-state index in [2.05, 4.69) is 15.2 Å². The van der Waals surface area contributed by atoms with E-state index in [1.807, 2.05) is 12.1 Å². The number of aromatic amines is 1. The van der Waals surface area contributed by atoms with E-state index in [-0.39, 0.29) is 11.5 Å². The molecule has 0 saturated carbocycles. The number of aromatic nitrogens is 3. The molecule has 1 N–H and O–H groups in total. The molecule has 2 aromatic heterocycles. The van der Waals surface area contributed by atoms with E-state index < -0.39 is 0 Å². The molecule has 1 amide bonds. The van der Waals surface area contributed by atoms with Gasteiger partial charge in [-0.3, -0.25) is 9.59 Å².